The normalized spacial score (nSPS) is 11.1. The van der Waals surface area contributed by atoms with Gasteiger partial charge in [0.15, 0.2) is 10.8 Å². The minimum absolute atomic E-state index is 0.720. The Morgan fingerprint density at radius 3 is 3.19 bits per heavy atom. The van der Waals surface area contributed by atoms with E-state index in [9.17, 15) is 0 Å². The van der Waals surface area contributed by atoms with Gasteiger partial charge in [0.05, 0.1) is 11.2 Å². The van der Waals surface area contributed by atoms with Gasteiger partial charge in [-0.05, 0) is 12.3 Å². The van der Waals surface area contributed by atoms with Crippen molar-refractivity contribution in [1.82, 2.24) is 19.4 Å². The minimum Gasteiger partial charge on any atom is -0.287 e. The number of fused-ring (bicyclic) bond motifs is 1. The summed E-state index contributed by atoms with van der Waals surface area (Å²) in [5, 5.41) is 2.97. The number of imidazole rings is 1. The molecule has 3 rings (SSSR count). The second-order valence-corrected chi connectivity index (χ2v) is 4.82. The lowest BCUT2D eigenvalue weighted by atomic mass is 10.4. The first-order valence-electron chi connectivity index (χ1n) is 4.66. The summed E-state index contributed by atoms with van der Waals surface area (Å²) in [6, 6.07) is 1.90. The molecule has 0 fully saturated rings. The average molecular weight is 248 g/mol. The van der Waals surface area contributed by atoms with Crippen LogP contribution in [0.4, 0.5) is 0 Å². The number of thiazole rings is 1. The Balaban J connectivity index is 2.19. The first kappa shape index (κ1) is 9.80. The number of rotatable bonds is 2. The van der Waals surface area contributed by atoms with Gasteiger partial charge >= 0.3 is 0 Å². The van der Waals surface area contributed by atoms with Gasteiger partial charge in [0, 0.05) is 17.8 Å². The number of hydrogen-bond acceptors (Lipinski definition) is 5. The fourth-order valence-electron chi connectivity index (χ4n) is 1.47. The average Bonchev–Trinajstić information content (AvgIpc) is 2.90. The molecule has 0 bridgehead atoms. The zero-order chi connectivity index (χ0) is 11.0. The molecule has 3 aromatic rings. The van der Waals surface area contributed by atoms with Crippen molar-refractivity contribution in [2.45, 2.75) is 5.03 Å². The van der Waals surface area contributed by atoms with Crippen LogP contribution >= 0.6 is 23.1 Å². The molecule has 3 heterocycles. The molecular weight excluding hydrogens is 240 g/mol. The molecular formula is C10H8N4S2. The predicted molar refractivity (Wildman–Crippen MR) is 65.9 cm³/mol. The summed E-state index contributed by atoms with van der Waals surface area (Å²) in [7, 11) is 0. The molecule has 0 saturated heterocycles. The topological polar surface area (TPSA) is 43.1 Å². The fraction of sp³-hybridized carbons (Fsp3) is 0.100. The van der Waals surface area contributed by atoms with E-state index in [-0.39, 0.29) is 0 Å². The lowest BCUT2D eigenvalue weighted by molar-refractivity contribution is 1.04. The maximum atomic E-state index is 4.46. The Morgan fingerprint density at radius 2 is 2.31 bits per heavy atom. The van der Waals surface area contributed by atoms with Crippen LogP contribution in [0.5, 0.6) is 0 Å². The molecule has 0 radical (unpaired) electrons. The van der Waals surface area contributed by atoms with Crippen molar-refractivity contribution in [3.05, 3.63) is 30.0 Å². The Labute approximate surface area is 100 Å². The predicted octanol–water partition coefficient (Wildman–Crippen LogP) is 2.57. The highest BCUT2D eigenvalue weighted by molar-refractivity contribution is 7.98. The second-order valence-electron chi connectivity index (χ2n) is 3.12. The first-order valence-corrected chi connectivity index (χ1v) is 6.77. The van der Waals surface area contributed by atoms with Gasteiger partial charge in [0.2, 0.25) is 0 Å². The van der Waals surface area contributed by atoms with Gasteiger partial charge in [-0.3, -0.25) is 4.40 Å². The Kier molecular flexibility index (Phi) is 2.37. The Hall–Kier alpha value is -1.40. The molecule has 80 valence electrons. The van der Waals surface area contributed by atoms with Crippen molar-refractivity contribution in [2.24, 2.45) is 0 Å². The Bertz CT molecular complexity index is 628. The van der Waals surface area contributed by atoms with Crippen molar-refractivity contribution >= 4 is 28.1 Å². The van der Waals surface area contributed by atoms with E-state index >= 15 is 0 Å². The van der Waals surface area contributed by atoms with Gasteiger partial charge in [-0.1, -0.05) is 0 Å². The molecule has 0 spiro atoms. The van der Waals surface area contributed by atoms with Crippen molar-refractivity contribution in [1.29, 1.82) is 0 Å². The van der Waals surface area contributed by atoms with E-state index in [2.05, 4.69) is 15.0 Å². The summed E-state index contributed by atoms with van der Waals surface area (Å²) in [6.45, 7) is 0. The molecule has 0 N–H and O–H groups in total. The van der Waals surface area contributed by atoms with Crippen molar-refractivity contribution in [3.8, 4) is 11.5 Å². The third-order valence-corrected chi connectivity index (χ3v) is 3.63. The van der Waals surface area contributed by atoms with Crippen LogP contribution in [0.1, 0.15) is 0 Å². The van der Waals surface area contributed by atoms with E-state index < -0.39 is 0 Å². The van der Waals surface area contributed by atoms with E-state index in [0.717, 1.165) is 21.5 Å². The monoisotopic (exact) mass is 248 g/mol. The summed E-state index contributed by atoms with van der Waals surface area (Å²) in [6.07, 6.45) is 7.57. The smallest absolute Gasteiger partial charge is 0.194 e. The summed E-state index contributed by atoms with van der Waals surface area (Å²) in [5.41, 5.74) is 0.937. The van der Waals surface area contributed by atoms with Gasteiger partial charge in [-0.2, -0.15) is 0 Å². The van der Waals surface area contributed by atoms with Crippen LogP contribution in [-0.4, -0.2) is 25.6 Å². The first-order chi connectivity index (χ1) is 7.88. The van der Waals surface area contributed by atoms with Gasteiger partial charge in [0.25, 0.3) is 0 Å². The third-order valence-electron chi connectivity index (χ3n) is 2.21. The van der Waals surface area contributed by atoms with E-state index in [1.807, 2.05) is 34.5 Å². The fourth-order valence-corrected chi connectivity index (χ4v) is 2.54. The quantitative estimate of drug-likeness (QED) is 0.516. The van der Waals surface area contributed by atoms with Gasteiger partial charge in [0.1, 0.15) is 5.69 Å². The molecule has 0 atom stereocenters. The number of thioether (sulfide) groups is 1. The van der Waals surface area contributed by atoms with Crippen molar-refractivity contribution in [2.75, 3.05) is 6.26 Å². The van der Waals surface area contributed by atoms with E-state index in [0.29, 0.717) is 0 Å². The maximum absolute atomic E-state index is 4.46. The molecule has 16 heavy (non-hydrogen) atoms. The van der Waals surface area contributed by atoms with Gasteiger partial charge < -0.3 is 0 Å². The van der Waals surface area contributed by atoms with Crippen LogP contribution in [0.2, 0.25) is 0 Å². The zero-order valence-corrected chi connectivity index (χ0v) is 10.1. The number of hydrogen-bond donors (Lipinski definition) is 0. The summed E-state index contributed by atoms with van der Waals surface area (Å²) in [5.74, 6) is 0.720. The lowest BCUT2D eigenvalue weighted by Gasteiger charge is -1.99. The second kappa shape index (κ2) is 3.88. The van der Waals surface area contributed by atoms with Crippen LogP contribution in [0.25, 0.3) is 16.5 Å². The maximum Gasteiger partial charge on any atom is 0.194 e. The van der Waals surface area contributed by atoms with Crippen LogP contribution < -0.4 is 0 Å². The molecule has 0 amide bonds. The Morgan fingerprint density at radius 1 is 1.38 bits per heavy atom. The molecule has 0 unspecified atom stereocenters. The summed E-state index contributed by atoms with van der Waals surface area (Å²) >= 11 is 3.21. The zero-order valence-electron chi connectivity index (χ0n) is 8.49. The SMILES string of the molecule is CSc1ccnc(-c2cnc3sccn23)n1. The molecule has 0 saturated carbocycles. The van der Waals surface area contributed by atoms with E-state index in [1.54, 1.807) is 29.3 Å². The molecule has 0 aliphatic carbocycles. The highest BCUT2D eigenvalue weighted by Crippen LogP contribution is 2.21. The van der Waals surface area contributed by atoms with Crippen LogP contribution in [0.3, 0.4) is 0 Å². The van der Waals surface area contributed by atoms with Crippen LogP contribution in [-0.2, 0) is 0 Å². The van der Waals surface area contributed by atoms with Gasteiger partial charge in [-0.25, -0.2) is 15.0 Å². The molecule has 3 aromatic heterocycles. The highest BCUT2D eigenvalue weighted by Gasteiger charge is 2.09. The van der Waals surface area contributed by atoms with E-state index in [4.69, 9.17) is 0 Å². The van der Waals surface area contributed by atoms with Crippen molar-refractivity contribution < 1.29 is 0 Å². The number of aromatic nitrogens is 4. The molecule has 6 heteroatoms. The van der Waals surface area contributed by atoms with E-state index in [1.165, 1.54) is 0 Å². The molecule has 0 aliphatic heterocycles. The largest absolute Gasteiger partial charge is 0.287 e. The summed E-state index contributed by atoms with van der Waals surface area (Å²) < 4.78 is 2.00. The third kappa shape index (κ3) is 1.50. The van der Waals surface area contributed by atoms with Crippen LogP contribution in [0, 0.1) is 0 Å². The lowest BCUT2D eigenvalue weighted by Crippen LogP contribution is -1.92. The number of nitrogens with zero attached hydrogens (tertiary/aromatic N) is 4. The highest BCUT2D eigenvalue weighted by atomic mass is 32.2. The van der Waals surface area contributed by atoms with Crippen molar-refractivity contribution in [3.63, 3.8) is 0 Å². The minimum atomic E-state index is 0.720. The molecule has 4 nitrogen and oxygen atoms in total. The molecule has 0 aromatic carbocycles. The van der Waals surface area contributed by atoms with Crippen LogP contribution in [0.15, 0.2) is 35.1 Å². The standard InChI is InChI=1S/C10H8N4S2/c1-15-8-2-3-11-9(13-8)7-6-12-10-14(7)4-5-16-10/h2-6H,1H3. The van der Waals surface area contributed by atoms with Gasteiger partial charge in [-0.15, -0.1) is 23.1 Å². The summed E-state index contributed by atoms with van der Waals surface area (Å²) in [4.78, 5) is 14.0. The molecule has 0 aliphatic rings.